The number of halogens is 6. The monoisotopic (exact) mass is 1240 g/mol. The zero-order chi connectivity index (χ0) is 64.3. The number of carboxylic acid groups (broad SMARTS) is 2. The smallest absolute Gasteiger partial charge is 0.416 e. The summed E-state index contributed by atoms with van der Waals surface area (Å²) in [7, 11) is 1.24. The molecule has 26 heteroatoms. The summed E-state index contributed by atoms with van der Waals surface area (Å²) in [5.74, 6) is -3.28. The maximum atomic E-state index is 14.4. The summed E-state index contributed by atoms with van der Waals surface area (Å²) in [5, 5.41) is 32.4. The first-order valence-electron chi connectivity index (χ1n) is 27.5. The lowest BCUT2D eigenvalue weighted by Crippen LogP contribution is -2.35. The molecule has 0 aliphatic rings. The second-order valence-corrected chi connectivity index (χ2v) is 20.9. The summed E-state index contributed by atoms with van der Waals surface area (Å²) < 4.78 is 106. The SMILES string of the molecule is COc1ccc(CC(=O)Nc2ccc(CN(CC(=O)O)Cc3ccc(-c4nc(-c5ccc(COc6ccc(CC(=O)Nc7ccc(C(=O)N(CC(=O)O)Cc8ccc(-c9nc(C(C)C)no9)cc8)cc7)c(C(F)(F)F)c6)nc5)no4)cc3)cc2)c(C(F)(F)F)c1. The lowest BCUT2D eigenvalue weighted by atomic mass is 10.0. The molecule has 0 spiro atoms. The molecule has 9 rings (SSSR count). The van der Waals surface area contributed by atoms with E-state index in [1.807, 2.05) is 13.8 Å². The van der Waals surface area contributed by atoms with Crippen molar-refractivity contribution in [2.45, 2.75) is 71.2 Å². The summed E-state index contributed by atoms with van der Waals surface area (Å²) in [6, 6.07) is 35.5. The van der Waals surface area contributed by atoms with Crippen molar-refractivity contribution in [3.05, 3.63) is 208 Å². The average molecular weight is 1240 g/mol. The first kappa shape index (κ1) is 63.7. The summed E-state index contributed by atoms with van der Waals surface area (Å²) >= 11 is 0. The highest BCUT2D eigenvalue weighted by molar-refractivity contribution is 5.97. The highest BCUT2D eigenvalue weighted by Crippen LogP contribution is 2.37. The predicted octanol–water partition coefficient (Wildman–Crippen LogP) is 11.8. The molecule has 0 radical (unpaired) electrons. The van der Waals surface area contributed by atoms with Crippen molar-refractivity contribution in [2.75, 3.05) is 30.8 Å². The summed E-state index contributed by atoms with van der Waals surface area (Å²) in [6.07, 6.45) is -9.34. The number of nitrogens with zero attached hydrogens (tertiary/aromatic N) is 7. The fraction of sp³-hybridized carbons (Fsp3) is 0.219. The van der Waals surface area contributed by atoms with Gasteiger partial charge in [0.1, 0.15) is 24.7 Å². The Bertz CT molecular complexity index is 4010. The number of anilines is 2. The van der Waals surface area contributed by atoms with E-state index in [-0.39, 0.29) is 84.3 Å². The van der Waals surface area contributed by atoms with E-state index in [1.165, 1.54) is 55.8 Å². The lowest BCUT2D eigenvalue weighted by molar-refractivity contribution is -0.139. The van der Waals surface area contributed by atoms with Crippen LogP contribution < -0.4 is 20.1 Å². The van der Waals surface area contributed by atoms with Crippen LogP contribution in [-0.4, -0.2) is 95.1 Å². The van der Waals surface area contributed by atoms with E-state index in [9.17, 15) is 60.5 Å². The number of carbonyl (C=O) groups excluding carboxylic acids is 3. The summed E-state index contributed by atoms with van der Waals surface area (Å²) in [4.78, 5) is 79.0. The Morgan fingerprint density at radius 3 is 1.57 bits per heavy atom. The van der Waals surface area contributed by atoms with Gasteiger partial charge < -0.3 is 44.3 Å². The number of hydrogen-bond donors (Lipinski definition) is 4. The molecule has 0 saturated carbocycles. The molecular formula is C64H55F6N9O11. The minimum atomic E-state index is -4.87. The van der Waals surface area contributed by atoms with Gasteiger partial charge >= 0.3 is 24.3 Å². The van der Waals surface area contributed by atoms with Crippen LogP contribution in [0.15, 0.2) is 161 Å². The Morgan fingerprint density at radius 1 is 0.578 bits per heavy atom. The van der Waals surface area contributed by atoms with Gasteiger partial charge in [-0.05, 0) is 125 Å². The van der Waals surface area contributed by atoms with Gasteiger partial charge in [0.15, 0.2) is 5.82 Å². The fourth-order valence-corrected chi connectivity index (χ4v) is 9.30. The minimum absolute atomic E-state index is 0.00353. The van der Waals surface area contributed by atoms with Gasteiger partial charge in [0, 0.05) is 65.4 Å². The number of alkyl halides is 6. The van der Waals surface area contributed by atoms with Gasteiger partial charge in [-0.25, -0.2) is 0 Å². The number of amides is 3. The van der Waals surface area contributed by atoms with E-state index >= 15 is 0 Å². The Morgan fingerprint density at radius 2 is 1.07 bits per heavy atom. The standard InChI is InChI=1S/C64H55F6N9O11/c1-37(2)58-74-60(89-76-58)41-12-6-40(7-13-41)33-79(35-57(84)85)62(86)43-14-21-48(22-15-43)73-55(81)27-45-18-25-51(29-53(45)64(68,69)70)88-36-49-23-16-46(30-71-49)59-75-61(90-77-59)42-10-4-38(5-11-42)31-78(34-56(82)83)32-39-8-19-47(20-9-39)72-54(80)26-44-17-24-50(87-3)28-52(44)63(65,66)67/h4-25,28-30,37H,26-27,31-36H2,1-3H3,(H,72,80)(H,73,81)(H,82,83)(H,84,85). The molecule has 0 aliphatic heterocycles. The third-order valence-corrected chi connectivity index (χ3v) is 13.8. The quantitative estimate of drug-likeness (QED) is 0.0387. The van der Waals surface area contributed by atoms with Crippen molar-refractivity contribution in [3.8, 4) is 45.8 Å². The maximum Gasteiger partial charge on any atom is 0.416 e. The van der Waals surface area contributed by atoms with E-state index in [0.29, 0.717) is 50.9 Å². The van der Waals surface area contributed by atoms with E-state index in [0.717, 1.165) is 28.7 Å². The Labute approximate surface area is 509 Å². The Hall–Kier alpha value is -10.8. The molecule has 0 saturated heterocycles. The first-order chi connectivity index (χ1) is 42.9. The highest BCUT2D eigenvalue weighted by Gasteiger charge is 2.36. The molecule has 0 fully saturated rings. The van der Waals surface area contributed by atoms with Gasteiger partial charge in [0.2, 0.25) is 17.6 Å². The van der Waals surface area contributed by atoms with Gasteiger partial charge in [-0.15, -0.1) is 0 Å². The molecule has 0 aliphatic carbocycles. The topological polar surface area (TPSA) is 266 Å². The number of nitrogens with one attached hydrogen (secondary N) is 2. The van der Waals surface area contributed by atoms with Crippen LogP contribution in [0.2, 0.25) is 0 Å². The van der Waals surface area contributed by atoms with E-state index in [2.05, 4.69) is 35.9 Å². The van der Waals surface area contributed by atoms with Crippen LogP contribution in [0.4, 0.5) is 37.7 Å². The normalized spacial score (nSPS) is 11.6. The third-order valence-electron chi connectivity index (χ3n) is 13.8. The zero-order valence-corrected chi connectivity index (χ0v) is 48.1. The number of ether oxygens (including phenoxy) is 2. The average Bonchev–Trinajstić information content (AvgIpc) is 1.19. The number of benzene rings is 6. The number of hydrogen-bond acceptors (Lipinski definition) is 15. The molecule has 3 amide bonds. The van der Waals surface area contributed by atoms with Gasteiger partial charge in [-0.3, -0.25) is 33.9 Å². The summed E-state index contributed by atoms with van der Waals surface area (Å²) in [5.41, 5.74) is 2.02. The van der Waals surface area contributed by atoms with Gasteiger partial charge in [-0.2, -0.15) is 36.3 Å². The van der Waals surface area contributed by atoms with Crippen molar-refractivity contribution < 1.29 is 79.0 Å². The van der Waals surface area contributed by atoms with Crippen LogP contribution in [-0.2, 0) is 70.6 Å². The fourth-order valence-electron chi connectivity index (χ4n) is 9.30. The van der Waals surface area contributed by atoms with Gasteiger partial charge in [0.25, 0.3) is 17.7 Å². The number of aliphatic carboxylic acids is 2. The van der Waals surface area contributed by atoms with Gasteiger partial charge in [-0.1, -0.05) is 72.7 Å². The molecule has 6 aromatic carbocycles. The van der Waals surface area contributed by atoms with Crippen LogP contribution >= 0.6 is 0 Å². The highest BCUT2D eigenvalue weighted by atomic mass is 19.4. The Kier molecular flexibility index (Phi) is 19.8. The number of carbonyl (C=O) groups is 5. The molecule has 0 atom stereocenters. The van der Waals surface area contributed by atoms with Crippen LogP contribution in [0, 0.1) is 0 Å². The van der Waals surface area contributed by atoms with Crippen molar-refractivity contribution in [1.29, 1.82) is 0 Å². The molecule has 90 heavy (non-hydrogen) atoms. The molecule has 0 bridgehead atoms. The number of aromatic nitrogens is 5. The largest absolute Gasteiger partial charge is 0.497 e. The van der Waals surface area contributed by atoms with E-state index in [1.54, 1.807) is 89.8 Å². The second kappa shape index (κ2) is 27.9. The van der Waals surface area contributed by atoms with E-state index in [4.69, 9.17) is 18.5 Å². The van der Waals surface area contributed by atoms with Crippen LogP contribution in [0.25, 0.3) is 34.3 Å². The van der Waals surface area contributed by atoms with E-state index < -0.39 is 72.5 Å². The van der Waals surface area contributed by atoms with Crippen molar-refractivity contribution in [1.82, 2.24) is 35.1 Å². The number of methoxy groups -OCH3 is 1. The zero-order valence-electron chi connectivity index (χ0n) is 48.1. The lowest BCUT2D eigenvalue weighted by Gasteiger charge is -2.21. The van der Waals surface area contributed by atoms with Crippen LogP contribution in [0.1, 0.15) is 80.6 Å². The molecule has 464 valence electrons. The predicted molar refractivity (Wildman–Crippen MR) is 312 cm³/mol. The number of pyridine rings is 1. The molecule has 20 nitrogen and oxygen atoms in total. The molecule has 3 aromatic heterocycles. The van der Waals surface area contributed by atoms with Gasteiger partial charge in [0.05, 0.1) is 43.3 Å². The van der Waals surface area contributed by atoms with Crippen LogP contribution in [0.5, 0.6) is 11.5 Å². The molecule has 3 heterocycles. The maximum absolute atomic E-state index is 14.4. The van der Waals surface area contributed by atoms with Crippen LogP contribution in [0.3, 0.4) is 0 Å². The third kappa shape index (κ3) is 17.1. The van der Waals surface area contributed by atoms with Crippen molar-refractivity contribution in [3.63, 3.8) is 0 Å². The molecule has 0 unspecified atom stereocenters. The summed E-state index contributed by atoms with van der Waals surface area (Å²) in [6.45, 7) is 3.04. The minimum Gasteiger partial charge on any atom is -0.497 e. The number of rotatable bonds is 25. The molecular weight excluding hydrogens is 1180 g/mol. The Balaban J connectivity index is 0.749. The first-order valence-corrected chi connectivity index (χ1v) is 27.5. The second-order valence-electron chi connectivity index (χ2n) is 20.9. The van der Waals surface area contributed by atoms with Crippen molar-refractivity contribution >= 4 is 41.0 Å². The van der Waals surface area contributed by atoms with Crippen molar-refractivity contribution in [2.24, 2.45) is 0 Å². The molecule has 9 aromatic rings. The number of carboxylic acids is 2. The molecule has 4 N–H and O–H groups in total.